The van der Waals surface area contributed by atoms with Gasteiger partial charge in [0, 0.05) is 15.7 Å². The minimum Gasteiger partial charge on any atom is -0.462 e. The van der Waals surface area contributed by atoms with E-state index in [2.05, 4.69) is 0 Å². The van der Waals surface area contributed by atoms with Gasteiger partial charge in [0.25, 0.3) is 9.05 Å². The van der Waals surface area contributed by atoms with Gasteiger partial charge in [0.15, 0.2) is 0 Å². The van der Waals surface area contributed by atoms with Crippen molar-refractivity contribution in [2.24, 2.45) is 5.92 Å². The average molecular weight is 337 g/mol. The maximum Gasteiger partial charge on any atom is 0.338 e. The number of carbonyl (C=O) groups is 1. The van der Waals surface area contributed by atoms with Crippen molar-refractivity contribution in [3.8, 4) is 0 Å². The SMILES string of the molecule is O=C(OCCC1CCC1)c1cc(Cl)cc(S(=O)(=O)Cl)c1. The van der Waals surface area contributed by atoms with Gasteiger partial charge in [-0.1, -0.05) is 30.9 Å². The molecule has 1 fully saturated rings. The molecule has 0 spiro atoms. The predicted octanol–water partition coefficient (Wildman–Crippen LogP) is 3.61. The Morgan fingerprint density at radius 2 is 2.00 bits per heavy atom. The summed E-state index contributed by atoms with van der Waals surface area (Å²) in [6.45, 7) is 0.332. The van der Waals surface area contributed by atoms with Gasteiger partial charge in [0.05, 0.1) is 17.1 Å². The number of ether oxygens (including phenoxy) is 1. The summed E-state index contributed by atoms with van der Waals surface area (Å²) < 4.78 is 27.7. The molecule has 20 heavy (non-hydrogen) atoms. The minimum atomic E-state index is -3.93. The van der Waals surface area contributed by atoms with E-state index in [0.717, 1.165) is 6.42 Å². The van der Waals surface area contributed by atoms with Crippen LogP contribution in [0.3, 0.4) is 0 Å². The molecule has 0 N–H and O–H groups in total. The van der Waals surface area contributed by atoms with Crippen LogP contribution in [0.4, 0.5) is 0 Å². The van der Waals surface area contributed by atoms with Crippen molar-refractivity contribution in [3.63, 3.8) is 0 Å². The number of carbonyl (C=O) groups excluding carboxylic acids is 1. The molecule has 1 aromatic rings. The van der Waals surface area contributed by atoms with Crippen molar-refractivity contribution < 1.29 is 17.9 Å². The topological polar surface area (TPSA) is 60.4 Å². The molecule has 1 saturated carbocycles. The van der Waals surface area contributed by atoms with Crippen LogP contribution in [0, 0.1) is 5.92 Å². The van der Waals surface area contributed by atoms with Gasteiger partial charge in [-0.05, 0) is 30.5 Å². The lowest BCUT2D eigenvalue weighted by Crippen LogP contribution is -2.15. The van der Waals surface area contributed by atoms with E-state index >= 15 is 0 Å². The quantitative estimate of drug-likeness (QED) is 0.608. The number of rotatable bonds is 5. The second kappa shape index (κ2) is 6.33. The Hall–Kier alpha value is -0.780. The van der Waals surface area contributed by atoms with Crippen LogP contribution in [0.25, 0.3) is 0 Å². The Balaban J connectivity index is 2.03. The highest BCUT2D eigenvalue weighted by molar-refractivity contribution is 8.13. The van der Waals surface area contributed by atoms with Gasteiger partial charge in [-0.15, -0.1) is 0 Å². The average Bonchev–Trinajstić information content (AvgIpc) is 2.30. The van der Waals surface area contributed by atoms with Crippen molar-refractivity contribution in [1.82, 2.24) is 0 Å². The third-order valence-corrected chi connectivity index (χ3v) is 4.92. The molecule has 1 aliphatic rings. The van der Waals surface area contributed by atoms with Gasteiger partial charge in [0.2, 0.25) is 0 Å². The molecule has 0 unspecified atom stereocenters. The standard InChI is InChI=1S/C13H14Cl2O4S/c14-11-6-10(7-12(8-11)20(15,17)18)13(16)19-5-4-9-2-1-3-9/h6-9H,1-5H2. The number of hydrogen-bond donors (Lipinski definition) is 0. The van der Waals surface area contributed by atoms with Crippen LogP contribution < -0.4 is 0 Å². The summed E-state index contributed by atoms with van der Waals surface area (Å²) in [5.74, 6) is 0.0503. The summed E-state index contributed by atoms with van der Waals surface area (Å²) in [5.41, 5.74) is 0.0883. The molecule has 0 aromatic heterocycles. The molecule has 4 nitrogen and oxygen atoms in total. The Bertz CT molecular complexity index is 609. The molecule has 0 heterocycles. The van der Waals surface area contributed by atoms with Crippen molar-refractivity contribution in [2.45, 2.75) is 30.6 Å². The normalized spacial score (nSPS) is 15.7. The largest absolute Gasteiger partial charge is 0.462 e. The van der Waals surface area contributed by atoms with Crippen molar-refractivity contribution in [3.05, 3.63) is 28.8 Å². The molecule has 1 aromatic carbocycles. The number of benzene rings is 1. The molecular weight excluding hydrogens is 323 g/mol. The maximum atomic E-state index is 11.8. The molecular formula is C13H14Cl2O4S. The smallest absolute Gasteiger partial charge is 0.338 e. The molecule has 0 atom stereocenters. The van der Waals surface area contributed by atoms with E-state index in [1.165, 1.54) is 37.5 Å². The lowest BCUT2D eigenvalue weighted by molar-refractivity contribution is 0.0464. The fourth-order valence-corrected chi connectivity index (χ4v) is 3.11. The molecule has 0 amide bonds. The van der Waals surface area contributed by atoms with Gasteiger partial charge in [-0.25, -0.2) is 13.2 Å². The number of hydrogen-bond acceptors (Lipinski definition) is 4. The van der Waals surface area contributed by atoms with E-state index in [0.29, 0.717) is 12.5 Å². The highest BCUT2D eigenvalue weighted by Gasteiger charge is 2.19. The van der Waals surface area contributed by atoms with Gasteiger partial charge >= 0.3 is 5.97 Å². The summed E-state index contributed by atoms with van der Waals surface area (Å²) in [7, 11) is 1.31. The molecule has 0 saturated heterocycles. The van der Waals surface area contributed by atoms with E-state index in [1.54, 1.807) is 0 Å². The summed E-state index contributed by atoms with van der Waals surface area (Å²) >= 11 is 5.79. The van der Waals surface area contributed by atoms with Gasteiger partial charge in [-0.3, -0.25) is 0 Å². The Kier molecular flexibility index (Phi) is 4.94. The Morgan fingerprint density at radius 1 is 1.30 bits per heavy atom. The first-order valence-electron chi connectivity index (χ1n) is 6.28. The van der Waals surface area contributed by atoms with E-state index in [-0.39, 0.29) is 15.5 Å². The highest BCUT2D eigenvalue weighted by Crippen LogP contribution is 2.29. The molecule has 7 heteroatoms. The fourth-order valence-electron chi connectivity index (χ4n) is 2.00. The van der Waals surface area contributed by atoms with Gasteiger partial charge in [-0.2, -0.15) is 0 Å². The summed E-state index contributed by atoms with van der Waals surface area (Å²) in [5, 5.41) is 0.123. The summed E-state index contributed by atoms with van der Waals surface area (Å²) in [6, 6.07) is 3.72. The fraction of sp³-hybridized carbons (Fsp3) is 0.462. The molecule has 2 rings (SSSR count). The predicted molar refractivity (Wildman–Crippen MR) is 76.7 cm³/mol. The number of esters is 1. The van der Waals surface area contributed by atoms with Crippen LogP contribution in [0.2, 0.25) is 5.02 Å². The molecule has 0 bridgehead atoms. The molecule has 110 valence electrons. The van der Waals surface area contributed by atoms with Gasteiger partial charge < -0.3 is 4.74 Å². The monoisotopic (exact) mass is 336 g/mol. The van der Waals surface area contributed by atoms with Crippen molar-refractivity contribution in [1.29, 1.82) is 0 Å². The molecule has 0 aliphatic heterocycles. The van der Waals surface area contributed by atoms with E-state index < -0.39 is 15.0 Å². The van der Waals surface area contributed by atoms with Crippen LogP contribution in [-0.4, -0.2) is 21.0 Å². The first kappa shape index (κ1) is 15.6. The van der Waals surface area contributed by atoms with Crippen molar-refractivity contribution >= 4 is 37.3 Å². The second-order valence-corrected chi connectivity index (χ2v) is 7.84. The zero-order valence-corrected chi connectivity index (χ0v) is 13.0. The Morgan fingerprint density at radius 3 is 2.55 bits per heavy atom. The van der Waals surface area contributed by atoms with Crippen LogP contribution in [0.15, 0.2) is 23.1 Å². The zero-order chi connectivity index (χ0) is 14.8. The van der Waals surface area contributed by atoms with Crippen LogP contribution in [-0.2, 0) is 13.8 Å². The molecule has 1 aliphatic carbocycles. The Labute approximate surface area is 127 Å². The first-order chi connectivity index (χ1) is 9.36. The number of halogens is 2. The van der Waals surface area contributed by atoms with Crippen LogP contribution in [0.1, 0.15) is 36.0 Å². The molecule has 0 radical (unpaired) electrons. The van der Waals surface area contributed by atoms with Gasteiger partial charge in [0.1, 0.15) is 0 Å². The van der Waals surface area contributed by atoms with Crippen LogP contribution >= 0.6 is 22.3 Å². The van der Waals surface area contributed by atoms with Crippen LogP contribution in [0.5, 0.6) is 0 Å². The lowest BCUT2D eigenvalue weighted by Gasteiger charge is -2.24. The highest BCUT2D eigenvalue weighted by atomic mass is 35.7. The third kappa shape index (κ3) is 4.11. The summed E-state index contributed by atoms with van der Waals surface area (Å²) in [6.07, 6.45) is 4.45. The van der Waals surface area contributed by atoms with E-state index in [1.807, 2.05) is 0 Å². The zero-order valence-electron chi connectivity index (χ0n) is 10.6. The first-order valence-corrected chi connectivity index (χ1v) is 8.97. The summed E-state index contributed by atoms with van der Waals surface area (Å²) in [4.78, 5) is 11.6. The van der Waals surface area contributed by atoms with Crippen molar-refractivity contribution in [2.75, 3.05) is 6.61 Å². The third-order valence-electron chi connectivity index (χ3n) is 3.37. The second-order valence-electron chi connectivity index (χ2n) is 4.83. The van der Waals surface area contributed by atoms with E-state index in [9.17, 15) is 13.2 Å². The lowest BCUT2D eigenvalue weighted by atomic mass is 9.83. The maximum absolute atomic E-state index is 11.8. The minimum absolute atomic E-state index is 0.0883. The van der Waals surface area contributed by atoms with E-state index in [4.69, 9.17) is 27.0 Å².